The Hall–Kier alpha value is -0.820. The van der Waals surface area contributed by atoms with Crippen molar-refractivity contribution >= 4 is 0 Å². The van der Waals surface area contributed by atoms with Crippen molar-refractivity contribution in [2.75, 3.05) is 6.54 Å². The van der Waals surface area contributed by atoms with Crippen molar-refractivity contribution in [1.29, 1.82) is 0 Å². The molecular formula is C16H25N. The Kier molecular flexibility index (Phi) is 4.61. The molecule has 2 unspecified atom stereocenters. The molecule has 0 aliphatic heterocycles. The zero-order valence-corrected chi connectivity index (χ0v) is 11.2. The summed E-state index contributed by atoms with van der Waals surface area (Å²) < 4.78 is 0. The molecule has 1 aliphatic carbocycles. The summed E-state index contributed by atoms with van der Waals surface area (Å²) in [6.45, 7) is 5.62. The van der Waals surface area contributed by atoms with Crippen molar-refractivity contribution in [3.05, 3.63) is 35.4 Å². The number of rotatable bonds is 5. The zero-order chi connectivity index (χ0) is 12.1. The van der Waals surface area contributed by atoms with Crippen LogP contribution in [0.1, 0.15) is 56.6 Å². The van der Waals surface area contributed by atoms with Crippen molar-refractivity contribution < 1.29 is 0 Å². The van der Waals surface area contributed by atoms with Crippen molar-refractivity contribution in [3.63, 3.8) is 0 Å². The van der Waals surface area contributed by atoms with Gasteiger partial charge >= 0.3 is 0 Å². The second kappa shape index (κ2) is 6.20. The van der Waals surface area contributed by atoms with E-state index in [-0.39, 0.29) is 0 Å². The Morgan fingerprint density at radius 1 is 1.12 bits per heavy atom. The normalized spacial score (nSPS) is 24.1. The highest BCUT2D eigenvalue weighted by Gasteiger charge is 2.27. The fraction of sp³-hybridized carbons (Fsp3) is 0.625. The molecule has 2 atom stereocenters. The molecule has 0 bridgehead atoms. The summed E-state index contributed by atoms with van der Waals surface area (Å²) in [6.07, 6.45) is 6.45. The number of hydrogen-bond acceptors (Lipinski definition) is 1. The second-order valence-electron chi connectivity index (χ2n) is 5.19. The summed E-state index contributed by atoms with van der Waals surface area (Å²) in [5, 5.41) is 3.71. The molecule has 0 aromatic heterocycles. The molecule has 0 radical (unpaired) electrons. The van der Waals surface area contributed by atoms with Crippen LogP contribution >= 0.6 is 0 Å². The fourth-order valence-corrected chi connectivity index (χ4v) is 2.93. The van der Waals surface area contributed by atoms with Gasteiger partial charge in [-0.15, -0.1) is 0 Å². The molecule has 0 saturated heterocycles. The molecule has 1 fully saturated rings. The van der Waals surface area contributed by atoms with Crippen LogP contribution in [-0.4, -0.2) is 12.6 Å². The number of aryl methyl sites for hydroxylation is 1. The Bertz CT molecular complexity index is 328. The summed E-state index contributed by atoms with van der Waals surface area (Å²) in [6, 6.07) is 9.99. The van der Waals surface area contributed by atoms with E-state index in [1.165, 1.54) is 36.8 Å². The molecule has 1 aliphatic rings. The molecule has 1 aromatic rings. The minimum atomic E-state index is 0.711. The van der Waals surface area contributed by atoms with E-state index < -0.39 is 0 Å². The van der Waals surface area contributed by atoms with Crippen molar-refractivity contribution in [2.24, 2.45) is 0 Å². The third kappa shape index (κ3) is 3.10. The average Bonchev–Trinajstić information content (AvgIpc) is 2.84. The van der Waals surface area contributed by atoms with E-state index in [0.717, 1.165) is 18.9 Å². The smallest absolute Gasteiger partial charge is 0.0136 e. The standard InChI is InChI=1S/C16H25N/c1-3-12-17-16-7-5-6-15(16)14-10-8-13(4-2)9-11-14/h8-11,15-17H,3-7,12H2,1-2H3. The summed E-state index contributed by atoms with van der Waals surface area (Å²) in [5.41, 5.74) is 2.98. The third-order valence-corrected chi connectivity index (χ3v) is 3.99. The summed E-state index contributed by atoms with van der Waals surface area (Å²) in [5.74, 6) is 0.743. The lowest BCUT2D eigenvalue weighted by Crippen LogP contribution is -2.31. The maximum Gasteiger partial charge on any atom is 0.0136 e. The summed E-state index contributed by atoms with van der Waals surface area (Å²) in [4.78, 5) is 0. The van der Waals surface area contributed by atoms with Crippen LogP contribution in [0.25, 0.3) is 0 Å². The predicted octanol–water partition coefficient (Wildman–Crippen LogP) is 3.88. The van der Waals surface area contributed by atoms with E-state index in [0.29, 0.717) is 6.04 Å². The van der Waals surface area contributed by atoms with Crippen LogP contribution in [0, 0.1) is 0 Å². The van der Waals surface area contributed by atoms with Gasteiger partial charge in [-0.2, -0.15) is 0 Å². The molecule has 1 saturated carbocycles. The van der Waals surface area contributed by atoms with E-state index in [4.69, 9.17) is 0 Å². The van der Waals surface area contributed by atoms with Crippen LogP contribution in [0.4, 0.5) is 0 Å². The Morgan fingerprint density at radius 3 is 2.53 bits per heavy atom. The van der Waals surface area contributed by atoms with Gasteiger partial charge in [0.2, 0.25) is 0 Å². The molecule has 0 amide bonds. The number of nitrogens with one attached hydrogen (secondary N) is 1. The van der Waals surface area contributed by atoms with Gasteiger partial charge in [0.15, 0.2) is 0 Å². The minimum Gasteiger partial charge on any atom is -0.313 e. The fourth-order valence-electron chi connectivity index (χ4n) is 2.93. The van der Waals surface area contributed by atoms with E-state index >= 15 is 0 Å². The van der Waals surface area contributed by atoms with E-state index in [9.17, 15) is 0 Å². The van der Waals surface area contributed by atoms with Crippen LogP contribution in [0.2, 0.25) is 0 Å². The van der Waals surface area contributed by atoms with E-state index in [1.54, 1.807) is 0 Å². The Morgan fingerprint density at radius 2 is 1.88 bits per heavy atom. The molecule has 94 valence electrons. The second-order valence-corrected chi connectivity index (χ2v) is 5.19. The number of benzene rings is 1. The highest BCUT2D eigenvalue weighted by Crippen LogP contribution is 2.34. The van der Waals surface area contributed by atoms with Gasteiger partial charge < -0.3 is 5.32 Å². The average molecular weight is 231 g/mol. The van der Waals surface area contributed by atoms with Crippen LogP contribution in [0.3, 0.4) is 0 Å². The largest absolute Gasteiger partial charge is 0.313 e. The van der Waals surface area contributed by atoms with Gasteiger partial charge in [0.05, 0.1) is 0 Å². The van der Waals surface area contributed by atoms with Crippen LogP contribution in [-0.2, 0) is 6.42 Å². The maximum absolute atomic E-state index is 3.71. The van der Waals surface area contributed by atoms with Gasteiger partial charge in [-0.05, 0) is 49.3 Å². The van der Waals surface area contributed by atoms with Crippen molar-refractivity contribution in [1.82, 2.24) is 5.32 Å². The topological polar surface area (TPSA) is 12.0 Å². The zero-order valence-electron chi connectivity index (χ0n) is 11.2. The van der Waals surface area contributed by atoms with Gasteiger partial charge in [0.25, 0.3) is 0 Å². The predicted molar refractivity (Wildman–Crippen MR) is 74.5 cm³/mol. The molecule has 0 spiro atoms. The van der Waals surface area contributed by atoms with Crippen LogP contribution < -0.4 is 5.32 Å². The SMILES string of the molecule is CCCNC1CCCC1c1ccc(CC)cc1. The van der Waals surface area contributed by atoms with Gasteiger partial charge in [-0.25, -0.2) is 0 Å². The molecular weight excluding hydrogens is 206 g/mol. The molecule has 1 heteroatoms. The lowest BCUT2D eigenvalue weighted by atomic mass is 9.93. The highest BCUT2D eigenvalue weighted by molar-refractivity contribution is 5.27. The van der Waals surface area contributed by atoms with E-state index in [1.807, 2.05) is 0 Å². The molecule has 0 heterocycles. The number of hydrogen-bond donors (Lipinski definition) is 1. The third-order valence-electron chi connectivity index (χ3n) is 3.99. The first-order valence-electron chi connectivity index (χ1n) is 7.17. The van der Waals surface area contributed by atoms with Crippen LogP contribution in [0.15, 0.2) is 24.3 Å². The minimum absolute atomic E-state index is 0.711. The first kappa shape index (κ1) is 12.6. The molecule has 2 rings (SSSR count). The Labute approximate surface area is 106 Å². The molecule has 1 nitrogen and oxygen atoms in total. The lowest BCUT2D eigenvalue weighted by molar-refractivity contribution is 0.479. The van der Waals surface area contributed by atoms with Gasteiger partial charge in [-0.1, -0.05) is 44.5 Å². The maximum atomic E-state index is 3.71. The molecule has 17 heavy (non-hydrogen) atoms. The summed E-state index contributed by atoms with van der Waals surface area (Å²) >= 11 is 0. The Balaban J connectivity index is 2.03. The van der Waals surface area contributed by atoms with Gasteiger partial charge in [0.1, 0.15) is 0 Å². The van der Waals surface area contributed by atoms with Crippen LogP contribution in [0.5, 0.6) is 0 Å². The van der Waals surface area contributed by atoms with Gasteiger partial charge in [0, 0.05) is 6.04 Å². The molecule has 1 aromatic carbocycles. The monoisotopic (exact) mass is 231 g/mol. The van der Waals surface area contributed by atoms with E-state index in [2.05, 4.69) is 43.4 Å². The van der Waals surface area contributed by atoms with Gasteiger partial charge in [-0.3, -0.25) is 0 Å². The van der Waals surface area contributed by atoms with Crippen molar-refractivity contribution in [3.8, 4) is 0 Å². The first-order chi connectivity index (χ1) is 8.35. The van der Waals surface area contributed by atoms with Crippen molar-refractivity contribution in [2.45, 2.75) is 57.9 Å². The molecule has 1 N–H and O–H groups in total. The highest BCUT2D eigenvalue weighted by atomic mass is 14.9. The first-order valence-corrected chi connectivity index (χ1v) is 7.17. The quantitative estimate of drug-likeness (QED) is 0.811. The summed E-state index contributed by atoms with van der Waals surface area (Å²) in [7, 11) is 0. The lowest BCUT2D eigenvalue weighted by Gasteiger charge is -2.21.